The number of fused-ring (bicyclic) bond motifs is 1. The maximum absolute atomic E-state index is 11.4. The number of hydrogen-bond donors (Lipinski definition) is 3. The van der Waals surface area contributed by atoms with Crippen LogP contribution in [-0.2, 0) is 4.79 Å². The Bertz CT molecular complexity index is 1360. The van der Waals surface area contributed by atoms with E-state index in [9.17, 15) is 4.79 Å². The number of amides is 1. The standard InChI is InChI=1S/C27H32N8O/c1-18(36)29-19-12-14-20(15-13-19)30-25-24-26(35(17-28-24)22-9-5-4-6-10-22)33-27(32-25)31-21-8-7-11-23(16-21)34(2)3/h7-8,11-17,22H,4-6,9-10H2,1-3H3,(H,29,36)(H2,30,31,32,33). The van der Waals surface area contributed by atoms with E-state index in [1.165, 1.54) is 26.2 Å². The van der Waals surface area contributed by atoms with Crippen LogP contribution in [0.3, 0.4) is 0 Å². The number of rotatable bonds is 7. The second kappa shape index (κ2) is 10.2. The minimum atomic E-state index is -0.101. The molecule has 0 aliphatic heterocycles. The highest BCUT2D eigenvalue weighted by Crippen LogP contribution is 2.33. The van der Waals surface area contributed by atoms with E-state index in [2.05, 4.69) is 37.6 Å². The third-order valence-corrected chi connectivity index (χ3v) is 6.48. The molecule has 1 aliphatic rings. The molecular weight excluding hydrogens is 452 g/mol. The fraction of sp³-hybridized carbons (Fsp3) is 0.333. The van der Waals surface area contributed by atoms with Crippen molar-refractivity contribution in [2.24, 2.45) is 0 Å². The Hall–Kier alpha value is -4.14. The summed E-state index contributed by atoms with van der Waals surface area (Å²) in [5, 5.41) is 9.59. The van der Waals surface area contributed by atoms with E-state index in [0.29, 0.717) is 17.8 Å². The summed E-state index contributed by atoms with van der Waals surface area (Å²) in [6, 6.07) is 16.1. The highest BCUT2D eigenvalue weighted by Gasteiger charge is 2.21. The summed E-state index contributed by atoms with van der Waals surface area (Å²) in [6.45, 7) is 1.50. The van der Waals surface area contributed by atoms with Crippen LogP contribution in [0.5, 0.6) is 0 Å². The van der Waals surface area contributed by atoms with E-state index >= 15 is 0 Å². The molecule has 5 rings (SSSR count). The molecule has 2 aromatic heterocycles. The zero-order valence-corrected chi connectivity index (χ0v) is 21.0. The average Bonchev–Trinajstić information content (AvgIpc) is 3.30. The number of anilines is 6. The van der Waals surface area contributed by atoms with Gasteiger partial charge in [-0.2, -0.15) is 9.97 Å². The third-order valence-electron chi connectivity index (χ3n) is 6.48. The normalized spacial score (nSPS) is 14.0. The largest absolute Gasteiger partial charge is 0.378 e. The number of carbonyl (C=O) groups excluding carboxylic acids is 1. The zero-order chi connectivity index (χ0) is 25.1. The molecule has 9 nitrogen and oxygen atoms in total. The molecule has 0 unspecified atom stereocenters. The molecule has 2 heterocycles. The van der Waals surface area contributed by atoms with Crippen LogP contribution in [0, 0.1) is 0 Å². The van der Waals surface area contributed by atoms with E-state index in [4.69, 9.17) is 15.0 Å². The monoisotopic (exact) mass is 484 g/mol. The predicted octanol–water partition coefficient (Wildman–Crippen LogP) is 5.84. The molecule has 0 atom stereocenters. The van der Waals surface area contributed by atoms with Crippen molar-refractivity contribution in [3.8, 4) is 0 Å². The molecule has 4 aromatic rings. The van der Waals surface area contributed by atoms with Crippen LogP contribution in [0.2, 0.25) is 0 Å². The van der Waals surface area contributed by atoms with Crippen molar-refractivity contribution >= 4 is 51.6 Å². The van der Waals surface area contributed by atoms with Gasteiger partial charge in [0.25, 0.3) is 0 Å². The van der Waals surface area contributed by atoms with E-state index < -0.39 is 0 Å². The second-order valence-corrected chi connectivity index (χ2v) is 9.46. The van der Waals surface area contributed by atoms with Crippen LogP contribution in [0.15, 0.2) is 54.9 Å². The lowest BCUT2D eigenvalue weighted by Crippen LogP contribution is -2.13. The number of imidazole rings is 1. The van der Waals surface area contributed by atoms with Crippen molar-refractivity contribution in [3.05, 3.63) is 54.9 Å². The molecule has 0 spiro atoms. The molecule has 1 amide bonds. The topological polar surface area (TPSA) is 100 Å². The molecule has 1 aliphatic carbocycles. The molecule has 2 aromatic carbocycles. The lowest BCUT2D eigenvalue weighted by atomic mass is 9.95. The molecule has 3 N–H and O–H groups in total. The van der Waals surface area contributed by atoms with Crippen molar-refractivity contribution in [2.75, 3.05) is 34.9 Å². The molecule has 9 heteroatoms. The lowest BCUT2D eigenvalue weighted by Gasteiger charge is -2.23. The lowest BCUT2D eigenvalue weighted by molar-refractivity contribution is -0.114. The predicted molar refractivity (Wildman–Crippen MR) is 146 cm³/mol. The third kappa shape index (κ3) is 5.25. The summed E-state index contributed by atoms with van der Waals surface area (Å²) in [5.41, 5.74) is 5.14. The maximum Gasteiger partial charge on any atom is 0.231 e. The van der Waals surface area contributed by atoms with E-state index in [0.717, 1.165) is 46.8 Å². The number of nitrogens with zero attached hydrogens (tertiary/aromatic N) is 5. The Balaban J connectivity index is 1.51. The first kappa shape index (κ1) is 23.6. The molecule has 186 valence electrons. The van der Waals surface area contributed by atoms with E-state index in [1.54, 1.807) is 0 Å². The van der Waals surface area contributed by atoms with Crippen molar-refractivity contribution in [3.63, 3.8) is 0 Å². The number of benzene rings is 2. The average molecular weight is 485 g/mol. The van der Waals surface area contributed by atoms with Gasteiger partial charge in [0.15, 0.2) is 17.0 Å². The van der Waals surface area contributed by atoms with Gasteiger partial charge in [0.1, 0.15) is 0 Å². The summed E-state index contributed by atoms with van der Waals surface area (Å²) >= 11 is 0. The molecule has 1 saturated carbocycles. The van der Waals surface area contributed by atoms with Crippen LogP contribution in [0.25, 0.3) is 11.2 Å². The van der Waals surface area contributed by atoms with Gasteiger partial charge in [-0.1, -0.05) is 25.3 Å². The van der Waals surface area contributed by atoms with Gasteiger partial charge in [-0.15, -0.1) is 0 Å². The summed E-state index contributed by atoms with van der Waals surface area (Å²) in [4.78, 5) is 27.8. The van der Waals surface area contributed by atoms with Gasteiger partial charge in [0.2, 0.25) is 11.9 Å². The summed E-state index contributed by atoms with van der Waals surface area (Å²) in [7, 11) is 4.03. The van der Waals surface area contributed by atoms with Crippen molar-refractivity contribution in [2.45, 2.75) is 45.1 Å². The molecule has 0 saturated heterocycles. The van der Waals surface area contributed by atoms with E-state index in [-0.39, 0.29) is 5.91 Å². The number of aromatic nitrogens is 4. The number of carbonyl (C=O) groups is 1. The van der Waals surface area contributed by atoms with Crippen LogP contribution < -0.4 is 20.9 Å². The Morgan fingerprint density at radius 2 is 1.69 bits per heavy atom. The first-order valence-electron chi connectivity index (χ1n) is 12.4. The number of nitrogens with one attached hydrogen (secondary N) is 3. The number of hydrogen-bond acceptors (Lipinski definition) is 7. The van der Waals surface area contributed by atoms with Crippen molar-refractivity contribution in [1.29, 1.82) is 0 Å². The highest BCUT2D eigenvalue weighted by molar-refractivity contribution is 5.90. The summed E-state index contributed by atoms with van der Waals surface area (Å²) in [5.74, 6) is 1.04. The summed E-state index contributed by atoms with van der Waals surface area (Å²) < 4.78 is 2.21. The van der Waals surface area contributed by atoms with Crippen LogP contribution in [-0.4, -0.2) is 39.5 Å². The maximum atomic E-state index is 11.4. The van der Waals surface area contributed by atoms with Gasteiger partial charge in [-0.05, 0) is 55.3 Å². The quantitative estimate of drug-likeness (QED) is 0.303. The van der Waals surface area contributed by atoms with Gasteiger partial charge in [-0.3, -0.25) is 4.79 Å². The summed E-state index contributed by atoms with van der Waals surface area (Å²) in [6.07, 6.45) is 7.91. The van der Waals surface area contributed by atoms with Crippen LogP contribution in [0.1, 0.15) is 45.1 Å². The Morgan fingerprint density at radius 1 is 0.944 bits per heavy atom. The molecule has 0 radical (unpaired) electrons. The van der Waals surface area contributed by atoms with Gasteiger partial charge in [0, 0.05) is 49.8 Å². The minimum absolute atomic E-state index is 0.101. The van der Waals surface area contributed by atoms with Gasteiger partial charge < -0.3 is 25.4 Å². The van der Waals surface area contributed by atoms with Gasteiger partial charge >= 0.3 is 0 Å². The van der Waals surface area contributed by atoms with Gasteiger partial charge in [-0.25, -0.2) is 4.98 Å². The second-order valence-electron chi connectivity index (χ2n) is 9.46. The zero-order valence-electron chi connectivity index (χ0n) is 21.0. The van der Waals surface area contributed by atoms with Gasteiger partial charge in [0.05, 0.1) is 6.33 Å². The molecule has 0 bridgehead atoms. The van der Waals surface area contributed by atoms with Crippen LogP contribution >= 0.6 is 0 Å². The Morgan fingerprint density at radius 3 is 2.42 bits per heavy atom. The van der Waals surface area contributed by atoms with E-state index in [1.807, 2.05) is 56.8 Å². The fourth-order valence-electron chi connectivity index (χ4n) is 4.65. The first-order valence-corrected chi connectivity index (χ1v) is 12.4. The van der Waals surface area contributed by atoms with Crippen molar-refractivity contribution in [1.82, 2.24) is 19.5 Å². The molecule has 1 fully saturated rings. The first-order chi connectivity index (χ1) is 17.5. The Labute approximate surface area is 211 Å². The Kier molecular flexibility index (Phi) is 6.71. The van der Waals surface area contributed by atoms with Crippen LogP contribution in [0.4, 0.5) is 34.5 Å². The fourth-order valence-corrected chi connectivity index (χ4v) is 4.65. The molecule has 36 heavy (non-hydrogen) atoms. The minimum Gasteiger partial charge on any atom is -0.378 e. The highest BCUT2D eigenvalue weighted by atomic mass is 16.1. The SMILES string of the molecule is CC(=O)Nc1ccc(Nc2nc(Nc3cccc(N(C)C)c3)nc3c2ncn3C2CCCCC2)cc1. The smallest absolute Gasteiger partial charge is 0.231 e. The van der Waals surface area contributed by atoms with Crippen molar-refractivity contribution < 1.29 is 4.79 Å². The molecular formula is C27H32N8O.